The van der Waals surface area contributed by atoms with Gasteiger partial charge >= 0.3 is 0 Å². The molecule has 8 heteroatoms. The van der Waals surface area contributed by atoms with Crippen LogP contribution in [0.25, 0.3) is 10.8 Å². The zero-order valence-electron chi connectivity index (χ0n) is 15.8. The van der Waals surface area contributed by atoms with Gasteiger partial charge < -0.3 is 15.5 Å². The number of amides is 2. The van der Waals surface area contributed by atoms with E-state index in [-0.39, 0.29) is 18.4 Å². The number of nitrogens with zero attached hydrogens (tertiary/aromatic N) is 3. The van der Waals surface area contributed by atoms with Crippen molar-refractivity contribution in [2.45, 2.75) is 6.54 Å². The minimum absolute atomic E-state index is 0.100. The van der Waals surface area contributed by atoms with Gasteiger partial charge in [0.05, 0.1) is 0 Å². The van der Waals surface area contributed by atoms with Crippen molar-refractivity contribution in [3.05, 3.63) is 58.7 Å². The molecule has 2 N–H and O–H groups in total. The molecule has 0 aliphatic heterocycles. The highest BCUT2D eigenvalue weighted by molar-refractivity contribution is 9.10. The summed E-state index contributed by atoms with van der Waals surface area (Å²) in [6.07, 6.45) is 1.67. The van der Waals surface area contributed by atoms with Gasteiger partial charge in [0.2, 0.25) is 5.91 Å². The normalized spacial score (nSPS) is 11.0. The van der Waals surface area contributed by atoms with E-state index in [2.05, 4.69) is 31.7 Å². The van der Waals surface area contributed by atoms with E-state index in [0.717, 1.165) is 21.8 Å². The molecule has 0 bridgehead atoms. The minimum atomic E-state index is -0.252. The monoisotopic (exact) mass is 443 g/mol. The largest absolute Gasteiger partial charge is 0.353 e. The van der Waals surface area contributed by atoms with E-state index in [1.165, 1.54) is 4.68 Å². The lowest BCUT2D eigenvalue weighted by molar-refractivity contribution is -0.121. The molecule has 3 rings (SSSR count). The Labute approximate surface area is 171 Å². The molecular weight excluding hydrogens is 422 g/mol. The molecule has 146 valence electrons. The van der Waals surface area contributed by atoms with Crippen LogP contribution >= 0.6 is 15.9 Å². The number of carbonyl (C=O) groups is 2. The molecule has 28 heavy (non-hydrogen) atoms. The van der Waals surface area contributed by atoms with Crippen molar-refractivity contribution in [1.29, 1.82) is 0 Å². The molecule has 3 aromatic rings. The van der Waals surface area contributed by atoms with Crippen molar-refractivity contribution in [3.63, 3.8) is 0 Å². The lowest BCUT2D eigenvalue weighted by atomic mass is 10.0. The number of halogens is 1. The highest BCUT2D eigenvalue weighted by Crippen LogP contribution is 2.27. The van der Waals surface area contributed by atoms with Gasteiger partial charge in [0.15, 0.2) is 5.82 Å². The molecule has 1 aromatic heterocycles. The molecule has 0 fully saturated rings. The highest BCUT2D eigenvalue weighted by Gasteiger charge is 2.14. The maximum atomic E-state index is 12.8. The van der Waals surface area contributed by atoms with Crippen LogP contribution in [0.4, 0.5) is 5.82 Å². The fourth-order valence-electron chi connectivity index (χ4n) is 2.81. The van der Waals surface area contributed by atoms with Crippen molar-refractivity contribution in [2.24, 2.45) is 0 Å². The number of anilines is 1. The number of hydrogen-bond acceptors (Lipinski definition) is 4. The molecule has 0 saturated heterocycles. The minimum Gasteiger partial charge on any atom is -0.353 e. The fraction of sp³-hybridized carbons (Fsp3) is 0.250. The van der Waals surface area contributed by atoms with Gasteiger partial charge in [-0.25, -0.2) is 0 Å². The molecular formula is C20H22BrN5O2. The van der Waals surface area contributed by atoms with Gasteiger partial charge in [-0.1, -0.05) is 40.2 Å². The quantitative estimate of drug-likeness (QED) is 0.588. The Morgan fingerprint density at radius 3 is 2.64 bits per heavy atom. The first-order valence-electron chi connectivity index (χ1n) is 8.87. The molecule has 7 nitrogen and oxygen atoms in total. The van der Waals surface area contributed by atoms with Crippen LogP contribution in [0.15, 0.2) is 53.1 Å². The van der Waals surface area contributed by atoms with Crippen molar-refractivity contribution in [2.75, 3.05) is 32.5 Å². The Morgan fingerprint density at radius 2 is 1.89 bits per heavy atom. The van der Waals surface area contributed by atoms with Gasteiger partial charge in [0.1, 0.15) is 6.54 Å². The number of nitrogens with one attached hydrogen (secondary N) is 2. The molecule has 2 amide bonds. The summed E-state index contributed by atoms with van der Waals surface area (Å²) in [5.74, 6) is 0.0224. The second-order valence-corrected chi connectivity index (χ2v) is 7.50. The molecule has 0 atom stereocenters. The summed E-state index contributed by atoms with van der Waals surface area (Å²) in [4.78, 5) is 26.7. The summed E-state index contributed by atoms with van der Waals surface area (Å²) in [5, 5.41) is 11.7. The summed E-state index contributed by atoms with van der Waals surface area (Å²) in [6.45, 7) is 1.45. The summed E-state index contributed by atoms with van der Waals surface area (Å²) >= 11 is 3.51. The van der Waals surface area contributed by atoms with Crippen LogP contribution in [-0.4, -0.2) is 53.7 Å². The third kappa shape index (κ3) is 4.96. The van der Waals surface area contributed by atoms with E-state index < -0.39 is 0 Å². The Morgan fingerprint density at radius 1 is 1.14 bits per heavy atom. The first-order chi connectivity index (χ1) is 13.4. The first kappa shape index (κ1) is 20.0. The van der Waals surface area contributed by atoms with E-state index in [0.29, 0.717) is 17.9 Å². The van der Waals surface area contributed by atoms with Gasteiger partial charge in [0, 0.05) is 40.8 Å². The van der Waals surface area contributed by atoms with Gasteiger partial charge in [-0.2, -0.15) is 5.10 Å². The number of hydrogen-bond donors (Lipinski definition) is 2. The van der Waals surface area contributed by atoms with E-state index in [1.807, 2.05) is 49.3 Å². The van der Waals surface area contributed by atoms with Crippen LogP contribution in [0.2, 0.25) is 0 Å². The van der Waals surface area contributed by atoms with Crippen LogP contribution in [0.3, 0.4) is 0 Å². The number of carbonyl (C=O) groups excluding carboxylic acids is 2. The van der Waals surface area contributed by atoms with Gasteiger partial charge in [-0.15, -0.1) is 0 Å². The molecule has 0 radical (unpaired) electrons. The molecule has 1 heterocycles. The Balaban J connectivity index is 1.66. The topological polar surface area (TPSA) is 79.3 Å². The third-order valence-electron chi connectivity index (χ3n) is 4.17. The van der Waals surface area contributed by atoms with Crippen LogP contribution in [-0.2, 0) is 11.3 Å². The average Bonchev–Trinajstić information content (AvgIpc) is 3.07. The first-order valence-corrected chi connectivity index (χ1v) is 9.67. The number of rotatable bonds is 7. The van der Waals surface area contributed by atoms with Crippen molar-refractivity contribution < 1.29 is 9.59 Å². The fourth-order valence-corrected chi connectivity index (χ4v) is 3.40. The Hall–Kier alpha value is -2.71. The van der Waals surface area contributed by atoms with Gasteiger partial charge in [0.25, 0.3) is 5.91 Å². The van der Waals surface area contributed by atoms with E-state index in [9.17, 15) is 9.59 Å². The van der Waals surface area contributed by atoms with Crippen molar-refractivity contribution >= 4 is 44.3 Å². The van der Waals surface area contributed by atoms with Gasteiger partial charge in [-0.3, -0.25) is 14.3 Å². The van der Waals surface area contributed by atoms with Crippen molar-refractivity contribution in [3.8, 4) is 0 Å². The second-order valence-electron chi connectivity index (χ2n) is 6.65. The van der Waals surface area contributed by atoms with Crippen LogP contribution in [0, 0.1) is 0 Å². The average molecular weight is 444 g/mol. The smallest absolute Gasteiger partial charge is 0.257 e. The third-order valence-corrected chi connectivity index (χ3v) is 4.83. The number of benzene rings is 2. The van der Waals surface area contributed by atoms with Crippen LogP contribution in [0.5, 0.6) is 0 Å². The summed E-state index contributed by atoms with van der Waals surface area (Å²) in [7, 11) is 3.90. The molecule has 0 aliphatic rings. The summed E-state index contributed by atoms with van der Waals surface area (Å²) in [5.41, 5.74) is 0.556. The number of aromatic nitrogens is 2. The molecule has 0 saturated carbocycles. The second kappa shape index (κ2) is 8.99. The van der Waals surface area contributed by atoms with E-state index in [1.54, 1.807) is 18.3 Å². The highest BCUT2D eigenvalue weighted by atomic mass is 79.9. The lowest BCUT2D eigenvalue weighted by Crippen LogP contribution is -2.33. The Kier molecular flexibility index (Phi) is 6.43. The SMILES string of the molecule is CN(C)CCNC(=O)Cn1ccc(NC(=O)c2cccc3cccc(Br)c23)n1. The Bertz CT molecular complexity index is 994. The zero-order valence-corrected chi connectivity index (χ0v) is 17.4. The predicted molar refractivity (Wildman–Crippen MR) is 113 cm³/mol. The molecule has 0 spiro atoms. The summed E-state index contributed by atoms with van der Waals surface area (Å²) < 4.78 is 2.36. The predicted octanol–water partition coefficient (Wildman–Crippen LogP) is 2.73. The maximum Gasteiger partial charge on any atom is 0.257 e. The molecule has 0 aliphatic carbocycles. The van der Waals surface area contributed by atoms with Gasteiger partial charge in [-0.05, 0) is 31.6 Å². The van der Waals surface area contributed by atoms with E-state index >= 15 is 0 Å². The summed E-state index contributed by atoms with van der Waals surface area (Å²) in [6, 6.07) is 13.0. The number of fused-ring (bicyclic) bond motifs is 1. The van der Waals surface area contributed by atoms with E-state index in [4.69, 9.17) is 0 Å². The van der Waals surface area contributed by atoms with Crippen LogP contribution in [0.1, 0.15) is 10.4 Å². The lowest BCUT2D eigenvalue weighted by Gasteiger charge is -2.10. The maximum absolute atomic E-state index is 12.8. The molecule has 0 unspecified atom stereocenters. The van der Waals surface area contributed by atoms with Crippen molar-refractivity contribution in [1.82, 2.24) is 20.0 Å². The molecule has 2 aromatic carbocycles. The van der Waals surface area contributed by atoms with Crippen LogP contribution < -0.4 is 10.6 Å². The standard InChI is InChI=1S/C20H22BrN5O2/c1-25(2)12-10-22-18(27)13-26-11-9-17(24-26)23-20(28)15-7-3-5-14-6-4-8-16(21)19(14)15/h3-9,11H,10,12-13H2,1-2H3,(H,22,27)(H,23,24,28). The zero-order chi connectivity index (χ0) is 20.1. The number of likely N-dealkylation sites (N-methyl/N-ethyl adjacent to an activating group) is 1.